The first-order valence-corrected chi connectivity index (χ1v) is 9.71. The molecule has 0 saturated carbocycles. The molecule has 4 aromatic rings. The number of tetrazole rings is 1. The maximum atomic E-state index is 12.9. The minimum atomic E-state index is -0.379. The minimum Gasteiger partial charge on any atom is -0.454 e. The zero-order valence-electron chi connectivity index (χ0n) is 16.3. The molecule has 5 rings (SSSR count). The fraction of sp³-hybridized carbons (Fsp3) is 0.0870. The summed E-state index contributed by atoms with van der Waals surface area (Å²) in [5, 5.41) is 14.0. The molecule has 1 aromatic heterocycles. The van der Waals surface area contributed by atoms with Crippen molar-refractivity contribution < 1.29 is 14.3 Å². The van der Waals surface area contributed by atoms with E-state index in [1.165, 1.54) is 11.0 Å². The molecule has 31 heavy (non-hydrogen) atoms. The summed E-state index contributed by atoms with van der Waals surface area (Å²) in [5.41, 5.74) is 4.01. The average Bonchev–Trinajstić information content (AvgIpc) is 3.34. The van der Waals surface area contributed by atoms with Crippen molar-refractivity contribution in [2.45, 2.75) is 12.5 Å². The molecule has 0 spiro atoms. The molecule has 1 amide bonds. The van der Waals surface area contributed by atoms with Gasteiger partial charge in [0, 0.05) is 17.7 Å². The highest BCUT2D eigenvalue weighted by Crippen LogP contribution is 2.31. The SMILES string of the molecule is O=C(Nc1cccc(-n2cnnn2)c1)c1ccc2c(c1)C[C@H](c1ccccc1)OC2=O. The van der Waals surface area contributed by atoms with E-state index in [-0.39, 0.29) is 18.0 Å². The van der Waals surface area contributed by atoms with Gasteiger partial charge >= 0.3 is 5.97 Å². The van der Waals surface area contributed by atoms with Crippen LogP contribution in [0.1, 0.15) is 37.9 Å². The van der Waals surface area contributed by atoms with Crippen LogP contribution in [0.15, 0.2) is 79.1 Å². The van der Waals surface area contributed by atoms with Gasteiger partial charge in [-0.15, -0.1) is 5.10 Å². The highest BCUT2D eigenvalue weighted by atomic mass is 16.5. The van der Waals surface area contributed by atoms with Crippen molar-refractivity contribution in [2.24, 2.45) is 0 Å². The molecule has 1 atom stereocenters. The predicted octanol–water partition coefficient (Wildman–Crippen LogP) is 3.37. The Balaban J connectivity index is 1.38. The Hall–Kier alpha value is -4.33. The third-order valence-electron chi connectivity index (χ3n) is 5.13. The Morgan fingerprint density at radius 1 is 1.03 bits per heavy atom. The second-order valence-corrected chi connectivity index (χ2v) is 7.14. The Bertz CT molecular complexity index is 1260. The zero-order valence-corrected chi connectivity index (χ0v) is 16.3. The van der Waals surface area contributed by atoms with Crippen LogP contribution in [-0.4, -0.2) is 32.1 Å². The van der Waals surface area contributed by atoms with Gasteiger partial charge in [-0.2, -0.15) is 0 Å². The Morgan fingerprint density at radius 3 is 2.71 bits per heavy atom. The van der Waals surface area contributed by atoms with Crippen molar-refractivity contribution in [1.82, 2.24) is 20.2 Å². The summed E-state index contributed by atoms with van der Waals surface area (Å²) >= 11 is 0. The summed E-state index contributed by atoms with van der Waals surface area (Å²) in [6.45, 7) is 0. The van der Waals surface area contributed by atoms with Gasteiger partial charge in [0.2, 0.25) is 0 Å². The lowest BCUT2D eigenvalue weighted by Gasteiger charge is -2.25. The summed E-state index contributed by atoms with van der Waals surface area (Å²) in [5.74, 6) is -0.650. The van der Waals surface area contributed by atoms with Crippen molar-refractivity contribution >= 4 is 17.6 Å². The Morgan fingerprint density at radius 2 is 1.90 bits per heavy atom. The molecular formula is C23H17N5O3. The number of hydrogen-bond donors (Lipinski definition) is 1. The predicted molar refractivity (Wildman–Crippen MR) is 112 cm³/mol. The number of carbonyl (C=O) groups is 2. The molecule has 1 aliphatic heterocycles. The van der Waals surface area contributed by atoms with Gasteiger partial charge in [-0.1, -0.05) is 36.4 Å². The van der Waals surface area contributed by atoms with Gasteiger partial charge in [0.25, 0.3) is 5.91 Å². The average molecular weight is 411 g/mol. The van der Waals surface area contributed by atoms with Crippen molar-refractivity contribution in [3.05, 3.63) is 101 Å². The second kappa shape index (κ2) is 7.83. The summed E-state index contributed by atoms with van der Waals surface area (Å²) in [4.78, 5) is 25.3. The lowest BCUT2D eigenvalue weighted by Crippen LogP contribution is -2.23. The fourth-order valence-corrected chi connectivity index (χ4v) is 3.60. The maximum Gasteiger partial charge on any atom is 0.339 e. The van der Waals surface area contributed by atoms with E-state index in [0.29, 0.717) is 23.2 Å². The van der Waals surface area contributed by atoms with Crippen LogP contribution >= 0.6 is 0 Å². The molecule has 152 valence electrons. The maximum absolute atomic E-state index is 12.9. The molecule has 0 bridgehead atoms. The second-order valence-electron chi connectivity index (χ2n) is 7.14. The number of cyclic esters (lactones) is 1. The van der Waals surface area contributed by atoms with Gasteiger partial charge in [0.1, 0.15) is 12.4 Å². The summed E-state index contributed by atoms with van der Waals surface area (Å²) in [6, 6.07) is 21.8. The van der Waals surface area contributed by atoms with E-state index in [0.717, 1.165) is 16.8 Å². The topological polar surface area (TPSA) is 99.0 Å². The van der Waals surface area contributed by atoms with E-state index in [1.54, 1.807) is 36.4 Å². The van der Waals surface area contributed by atoms with Gasteiger partial charge in [0.15, 0.2) is 0 Å². The van der Waals surface area contributed by atoms with Crippen LogP contribution in [0, 0.1) is 0 Å². The Labute approximate surface area is 177 Å². The number of fused-ring (bicyclic) bond motifs is 1. The number of carbonyl (C=O) groups excluding carboxylic acids is 2. The van der Waals surface area contributed by atoms with Crippen LogP contribution in [0.25, 0.3) is 5.69 Å². The Kier molecular flexibility index (Phi) is 4.72. The van der Waals surface area contributed by atoms with Crippen molar-refractivity contribution in [2.75, 3.05) is 5.32 Å². The van der Waals surface area contributed by atoms with Gasteiger partial charge < -0.3 is 10.1 Å². The van der Waals surface area contributed by atoms with E-state index in [1.807, 2.05) is 36.4 Å². The number of ether oxygens (including phenoxy) is 1. The molecule has 1 aliphatic rings. The lowest BCUT2D eigenvalue weighted by atomic mass is 9.93. The minimum absolute atomic E-state index is 0.271. The summed E-state index contributed by atoms with van der Waals surface area (Å²) < 4.78 is 7.09. The number of aromatic nitrogens is 4. The number of nitrogens with zero attached hydrogens (tertiary/aromatic N) is 4. The van der Waals surface area contributed by atoms with Gasteiger partial charge in [-0.05, 0) is 58.0 Å². The van der Waals surface area contributed by atoms with Crippen molar-refractivity contribution in [3.63, 3.8) is 0 Å². The van der Waals surface area contributed by atoms with Crippen LogP contribution in [-0.2, 0) is 11.2 Å². The molecular weight excluding hydrogens is 394 g/mol. The number of amides is 1. The van der Waals surface area contributed by atoms with Crippen molar-refractivity contribution in [1.29, 1.82) is 0 Å². The van der Waals surface area contributed by atoms with Gasteiger partial charge in [-0.25, -0.2) is 9.48 Å². The van der Waals surface area contributed by atoms with Crippen molar-refractivity contribution in [3.8, 4) is 5.69 Å². The van der Waals surface area contributed by atoms with Gasteiger partial charge in [-0.3, -0.25) is 4.79 Å². The van der Waals surface area contributed by atoms with Crippen LogP contribution in [0.2, 0.25) is 0 Å². The van der Waals surface area contributed by atoms with Crippen LogP contribution in [0.3, 0.4) is 0 Å². The molecule has 0 aliphatic carbocycles. The van der Waals surface area contributed by atoms with E-state index in [4.69, 9.17) is 4.74 Å². The molecule has 3 aromatic carbocycles. The highest BCUT2D eigenvalue weighted by Gasteiger charge is 2.28. The van der Waals surface area contributed by atoms with Gasteiger partial charge in [0.05, 0.1) is 11.3 Å². The standard InChI is InChI=1S/C23H17N5O3/c29-22(25-18-7-4-8-19(13-18)28-14-24-26-27-28)16-9-10-20-17(11-16)12-21(31-23(20)30)15-5-2-1-3-6-15/h1-11,13-14,21H,12H2,(H,25,29)/t21-/m1/s1. The monoisotopic (exact) mass is 411 g/mol. The largest absolute Gasteiger partial charge is 0.454 e. The third kappa shape index (κ3) is 3.78. The molecule has 0 saturated heterocycles. The molecule has 8 nitrogen and oxygen atoms in total. The molecule has 8 heteroatoms. The van der Waals surface area contributed by atoms with Crippen LogP contribution in [0.4, 0.5) is 5.69 Å². The zero-order chi connectivity index (χ0) is 21.2. The molecule has 0 unspecified atom stereocenters. The van der Waals surface area contributed by atoms with Crippen LogP contribution in [0.5, 0.6) is 0 Å². The third-order valence-corrected chi connectivity index (χ3v) is 5.13. The van der Waals surface area contributed by atoms with Crippen LogP contribution < -0.4 is 5.32 Å². The molecule has 1 N–H and O–H groups in total. The summed E-state index contributed by atoms with van der Waals surface area (Å²) in [6.07, 6.45) is 1.63. The first-order valence-electron chi connectivity index (χ1n) is 9.71. The number of nitrogens with one attached hydrogen (secondary N) is 1. The molecule has 0 radical (unpaired) electrons. The van der Waals surface area contributed by atoms with E-state index in [2.05, 4.69) is 20.8 Å². The van der Waals surface area contributed by atoms with E-state index < -0.39 is 0 Å². The molecule has 0 fully saturated rings. The number of anilines is 1. The lowest BCUT2D eigenvalue weighted by molar-refractivity contribution is 0.0252. The smallest absolute Gasteiger partial charge is 0.339 e. The number of rotatable bonds is 4. The first kappa shape index (κ1) is 18.7. The summed E-state index contributed by atoms with van der Waals surface area (Å²) in [7, 11) is 0. The first-order chi connectivity index (χ1) is 15.2. The normalized spacial score (nSPS) is 15.1. The quantitative estimate of drug-likeness (QED) is 0.517. The number of benzene rings is 3. The highest BCUT2D eigenvalue weighted by molar-refractivity contribution is 6.05. The number of hydrogen-bond acceptors (Lipinski definition) is 6. The number of esters is 1. The van der Waals surface area contributed by atoms with E-state index in [9.17, 15) is 9.59 Å². The van der Waals surface area contributed by atoms with E-state index >= 15 is 0 Å². The molecule has 2 heterocycles. The fourth-order valence-electron chi connectivity index (χ4n) is 3.60.